The predicted molar refractivity (Wildman–Crippen MR) is 113 cm³/mol. The van der Waals surface area contributed by atoms with Crippen molar-refractivity contribution in [1.29, 1.82) is 0 Å². The summed E-state index contributed by atoms with van der Waals surface area (Å²) < 4.78 is 0. The number of likely N-dealkylation sites (N-methyl/N-ethyl adjacent to an activating group) is 1. The van der Waals surface area contributed by atoms with E-state index in [9.17, 15) is 9.59 Å². The van der Waals surface area contributed by atoms with Gasteiger partial charge in [-0.15, -0.1) is 0 Å². The first-order chi connectivity index (χ1) is 14.0. The summed E-state index contributed by atoms with van der Waals surface area (Å²) in [6, 6.07) is 0. The van der Waals surface area contributed by atoms with Crippen LogP contribution in [-0.4, -0.2) is 82.8 Å². The van der Waals surface area contributed by atoms with E-state index in [0.717, 1.165) is 68.3 Å². The van der Waals surface area contributed by atoms with E-state index in [2.05, 4.69) is 10.2 Å². The SMILES string of the molecule is CCN(CC)C(=O)CN1CCC[C@@H](c2nc3c(c(NC)n2)CN(C(C)=O)CC3)C1. The van der Waals surface area contributed by atoms with Crippen LogP contribution in [0.4, 0.5) is 5.82 Å². The van der Waals surface area contributed by atoms with Crippen molar-refractivity contribution in [2.75, 3.05) is 51.6 Å². The molecule has 8 heteroatoms. The van der Waals surface area contributed by atoms with Gasteiger partial charge in [-0.1, -0.05) is 0 Å². The quantitative estimate of drug-likeness (QED) is 0.776. The zero-order valence-corrected chi connectivity index (χ0v) is 18.2. The van der Waals surface area contributed by atoms with Crippen molar-refractivity contribution in [3.05, 3.63) is 17.1 Å². The fraction of sp³-hybridized carbons (Fsp3) is 0.714. The molecule has 8 nitrogen and oxygen atoms in total. The third-order valence-corrected chi connectivity index (χ3v) is 6.11. The molecule has 1 N–H and O–H groups in total. The van der Waals surface area contributed by atoms with Crippen LogP contribution in [0.1, 0.15) is 56.6 Å². The van der Waals surface area contributed by atoms with Crippen LogP contribution < -0.4 is 5.32 Å². The monoisotopic (exact) mass is 402 g/mol. The molecular weight excluding hydrogens is 368 g/mol. The molecule has 3 heterocycles. The molecule has 2 amide bonds. The molecule has 160 valence electrons. The predicted octanol–water partition coefficient (Wildman–Crippen LogP) is 1.47. The molecule has 29 heavy (non-hydrogen) atoms. The van der Waals surface area contributed by atoms with Crippen molar-refractivity contribution in [3.63, 3.8) is 0 Å². The Morgan fingerprint density at radius 3 is 2.62 bits per heavy atom. The standard InChI is InChI=1S/C21H34N6O2/c1-5-26(6-2)19(29)14-25-10-7-8-16(12-25)20-23-18-9-11-27(15(3)28)13-17(18)21(22-4)24-20/h16H,5-14H2,1-4H3,(H,22,23,24)/t16-/m1/s1. The van der Waals surface area contributed by atoms with Crippen LogP contribution in [0.3, 0.4) is 0 Å². The van der Waals surface area contributed by atoms with Gasteiger partial charge >= 0.3 is 0 Å². The zero-order chi connectivity index (χ0) is 21.0. The highest BCUT2D eigenvalue weighted by Crippen LogP contribution is 2.29. The summed E-state index contributed by atoms with van der Waals surface area (Å²) in [4.78, 5) is 40.0. The molecule has 1 saturated heterocycles. The van der Waals surface area contributed by atoms with Gasteiger partial charge in [-0.05, 0) is 33.2 Å². The summed E-state index contributed by atoms with van der Waals surface area (Å²) in [5, 5.41) is 3.20. The van der Waals surface area contributed by atoms with Gasteiger partial charge in [0.1, 0.15) is 11.6 Å². The molecule has 1 atom stereocenters. The molecule has 0 spiro atoms. The minimum Gasteiger partial charge on any atom is -0.373 e. The Balaban J connectivity index is 1.75. The Kier molecular flexibility index (Phi) is 7.05. The highest BCUT2D eigenvalue weighted by atomic mass is 16.2. The fourth-order valence-electron chi connectivity index (χ4n) is 4.37. The van der Waals surface area contributed by atoms with Crippen LogP contribution in [-0.2, 0) is 22.6 Å². The first kappa shape index (κ1) is 21.5. The third-order valence-electron chi connectivity index (χ3n) is 6.11. The van der Waals surface area contributed by atoms with E-state index in [1.807, 2.05) is 30.7 Å². The van der Waals surface area contributed by atoms with Gasteiger partial charge in [0.2, 0.25) is 11.8 Å². The number of hydrogen-bond donors (Lipinski definition) is 1. The average Bonchev–Trinajstić information content (AvgIpc) is 2.73. The van der Waals surface area contributed by atoms with Gasteiger partial charge in [-0.2, -0.15) is 0 Å². The first-order valence-electron chi connectivity index (χ1n) is 10.8. The van der Waals surface area contributed by atoms with E-state index in [-0.39, 0.29) is 17.7 Å². The van der Waals surface area contributed by atoms with Gasteiger partial charge in [0.15, 0.2) is 0 Å². The van der Waals surface area contributed by atoms with E-state index in [4.69, 9.17) is 9.97 Å². The Morgan fingerprint density at radius 1 is 1.21 bits per heavy atom. The summed E-state index contributed by atoms with van der Waals surface area (Å²) in [7, 11) is 1.87. The summed E-state index contributed by atoms with van der Waals surface area (Å²) in [5.74, 6) is 2.21. The van der Waals surface area contributed by atoms with E-state index in [1.165, 1.54) is 0 Å². The number of likely N-dealkylation sites (tertiary alicyclic amines) is 1. The fourth-order valence-corrected chi connectivity index (χ4v) is 4.37. The second kappa shape index (κ2) is 9.52. The second-order valence-corrected chi connectivity index (χ2v) is 7.94. The van der Waals surface area contributed by atoms with Gasteiger partial charge < -0.3 is 15.1 Å². The molecule has 0 aromatic carbocycles. The normalized spacial score (nSPS) is 19.6. The van der Waals surface area contributed by atoms with Gasteiger partial charge in [0, 0.05) is 58.1 Å². The van der Waals surface area contributed by atoms with Gasteiger partial charge in [0.25, 0.3) is 0 Å². The molecule has 0 radical (unpaired) electrons. The lowest BCUT2D eigenvalue weighted by Gasteiger charge is -2.34. The summed E-state index contributed by atoms with van der Waals surface area (Å²) in [5.41, 5.74) is 2.08. The number of piperidine rings is 1. The molecule has 1 fully saturated rings. The van der Waals surface area contributed by atoms with E-state index in [0.29, 0.717) is 19.6 Å². The lowest BCUT2D eigenvalue weighted by molar-refractivity contribution is -0.132. The average molecular weight is 403 g/mol. The van der Waals surface area contributed by atoms with Crippen LogP contribution in [0.5, 0.6) is 0 Å². The lowest BCUT2D eigenvalue weighted by Crippen LogP contribution is -2.44. The molecule has 0 aliphatic carbocycles. The van der Waals surface area contributed by atoms with E-state index >= 15 is 0 Å². The van der Waals surface area contributed by atoms with Crippen LogP contribution >= 0.6 is 0 Å². The number of hydrogen-bond acceptors (Lipinski definition) is 6. The van der Waals surface area contributed by atoms with Crippen LogP contribution in [0.25, 0.3) is 0 Å². The molecular formula is C21H34N6O2. The van der Waals surface area contributed by atoms with Crippen molar-refractivity contribution in [1.82, 2.24) is 24.7 Å². The van der Waals surface area contributed by atoms with E-state index < -0.39 is 0 Å². The van der Waals surface area contributed by atoms with E-state index in [1.54, 1.807) is 6.92 Å². The number of carbonyl (C=O) groups excluding carboxylic acids is 2. The van der Waals surface area contributed by atoms with Crippen LogP contribution in [0, 0.1) is 0 Å². The van der Waals surface area contributed by atoms with Crippen molar-refractivity contribution in [2.45, 2.75) is 52.5 Å². The number of rotatable bonds is 6. The molecule has 1 aromatic rings. The van der Waals surface area contributed by atoms with Crippen LogP contribution in [0.2, 0.25) is 0 Å². The molecule has 0 bridgehead atoms. The molecule has 2 aliphatic heterocycles. The summed E-state index contributed by atoms with van der Waals surface area (Å²) in [6.45, 7) is 10.7. The van der Waals surface area contributed by atoms with Crippen molar-refractivity contribution in [2.24, 2.45) is 0 Å². The molecule has 1 aromatic heterocycles. The molecule has 3 rings (SSSR count). The highest BCUT2D eigenvalue weighted by molar-refractivity contribution is 5.78. The summed E-state index contributed by atoms with van der Waals surface area (Å²) in [6.07, 6.45) is 2.84. The maximum atomic E-state index is 12.5. The number of fused-ring (bicyclic) bond motifs is 1. The molecule has 0 saturated carbocycles. The maximum absolute atomic E-state index is 12.5. The minimum atomic E-state index is 0.0857. The molecule has 2 aliphatic rings. The minimum absolute atomic E-state index is 0.0857. The number of anilines is 1. The van der Waals surface area contributed by atoms with Gasteiger partial charge in [-0.3, -0.25) is 14.5 Å². The Labute approximate surface area is 173 Å². The zero-order valence-electron chi connectivity index (χ0n) is 18.2. The maximum Gasteiger partial charge on any atom is 0.236 e. The third kappa shape index (κ3) is 4.86. The summed E-state index contributed by atoms with van der Waals surface area (Å²) >= 11 is 0. The van der Waals surface area contributed by atoms with Crippen LogP contribution in [0.15, 0.2) is 0 Å². The number of nitrogens with zero attached hydrogens (tertiary/aromatic N) is 5. The first-order valence-corrected chi connectivity index (χ1v) is 10.8. The number of nitrogens with one attached hydrogen (secondary N) is 1. The van der Waals surface area contributed by atoms with Crippen molar-refractivity contribution < 1.29 is 9.59 Å². The van der Waals surface area contributed by atoms with Crippen molar-refractivity contribution in [3.8, 4) is 0 Å². The topological polar surface area (TPSA) is 81.7 Å². The van der Waals surface area contributed by atoms with Gasteiger partial charge in [0.05, 0.1) is 18.8 Å². The number of carbonyl (C=O) groups is 2. The smallest absolute Gasteiger partial charge is 0.236 e. The highest BCUT2D eigenvalue weighted by Gasteiger charge is 2.29. The van der Waals surface area contributed by atoms with Gasteiger partial charge in [-0.25, -0.2) is 9.97 Å². The second-order valence-electron chi connectivity index (χ2n) is 7.94. The Bertz CT molecular complexity index is 732. The van der Waals surface area contributed by atoms with Crippen molar-refractivity contribution >= 4 is 17.6 Å². The lowest BCUT2D eigenvalue weighted by atomic mass is 9.96. The Hall–Kier alpha value is -2.22. The largest absolute Gasteiger partial charge is 0.373 e. The molecule has 0 unspecified atom stereocenters. The Morgan fingerprint density at radius 2 is 1.97 bits per heavy atom. The number of amides is 2. The number of aromatic nitrogens is 2.